The predicted octanol–water partition coefficient (Wildman–Crippen LogP) is 3.98. The maximum Gasteiger partial charge on any atom is 0.416 e. The van der Waals surface area contributed by atoms with E-state index in [1.54, 1.807) is 0 Å². The summed E-state index contributed by atoms with van der Waals surface area (Å²) < 4.78 is 44.8. The highest BCUT2D eigenvalue weighted by Crippen LogP contribution is 2.55. The Morgan fingerprint density at radius 1 is 1.45 bits per heavy atom. The Labute approximate surface area is 121 Å². The average molecular weight is 353 g/mol. The normalized spacial score (nSPS) is 16.9. The van der Waals surface area contributed by atoms with E-state index in [0.717, 1.165) is 6.07 Å². The minimum atomic E-state index is -4.54. The standard InChI is InChI=1S/C13H12BrF3O3/c1-20-10-5-8(13(15,16)17)7(4-9(10)14)12(2-3-12)6-11(18)19/h4-5H,2-3,6H2,1H3,(H,18,19). The summed E-state index contributed by atoms with van der Waals surface area (Å²) in [5.41, 5.74) is -1.71. The highest BCUT2D eigenvalue weighted by atomic mass is 79.9. The summed E-state index contributed by atoms with van der Waals surface area (Å²) in [6, 6.07) is 2.25. The highest BCUT2D eigenvalue weighted by Gasteiger charge is 2.50. The Bertz CT molecular complexity index is 551. The molecule has 1 saturated carbocycles. The number of methoxy groups -OCH3 is 1. The van der Waals surface area contributed by atoms with Gasteiger partial charge in [0.15, 0.2) is 0 Å². The van der Waals surface area contributed by atoms with Crippen LogP contribution in [0.4, 0.5) is 13.2 Å². The van der Waals surface area contributed by atoms with Crippen molar-refractivity contribution in [1.29, 1.82) is 0 Å². The smallest absolute Gasteiger partial charge is 0.416 e. The molecule has 1 aromatic rings. The molecule has 1 N–H and O–H groups in total. The number of ether oxygens (including phenoxy) is 1. The van der Waals surface area contributed by atoms with Crippen LogP contribution in [0.1, 0.15) is 30.4 Å². The van der Waals surface area contributed by atoms with Crippen LogP contribution in [0.15, 0.2) is 16.6 Å². The number of hydrogen-bond donors (Lipinski definition) is 1. The third kappa shape index (κ3) is 2.77. The molecule has 0 heterocycles. The minimum absolute atomic E-state index is 0.0278. The van der Waals surface area contributed by atoms with E-state index in [-0.39, 0.29) is 17.7 Å². The Kier molecular flexibility index (Phi) is 3.75. The Morgan fingerprint density at radius 3 is 2.45 bits per heavy atom. The Morgan fingerprint density at radius 2 is 2.05 bits per heavy atom. The molecule has 0 saturated heterocycles. The van der Waals surface area contributed by atoms with E-state index in [9.17, 15) is 18.0 Å². The summed E-state index contributed by atoms with van der Waals surface area (Å²) in [5.74, 6) is -1.02. The molecule has 0 amide bonds. The fourth-order valence-electron chi connectivity index (χ4n) is 2.36. The van der Waals surface area contributed by atoms with Crippen LogP contribution in [0.5, 0.6) is 5.75 Å². The van der Waals surface area contributed by atoms with Gasteiger partial charge in [0.1, 0.15) is 5.75 Å². The molecule has 20 heavy (non-hydrogen) atoms. The highest BCUT2D eigenvalue weighted by molar-refractivity contribution is 9.10. The summed E-state index contributed by atoms with van der Waals surface area (Å²) in [7, 11) is 1.28. The van der Waals surface area contributed by atoms with Gasteiger partial charge in [-0.25, -0.2) is 0 Å². The Hall–Kier alpha value is -1.24. The van der Waals surface area contributed by atoms with Crippen LogP contribution < -0.4 is 4.74 Å². The molecule has 0 aromatic heterocycles. The van der Waals surface area contributed by atoms with E-state index in [1.807, 2.05) is 0 Å². The monoisotopic (exact) mass is 352 g/mol. The first-order valence-electron chi connectivity index (χ1n) is 5.86. The van der Waals surface area contributed by atoms with Crippen LogP contribution in [0.2, 0.25) is 0 Å². The van der Waals surface area contributed by atoms with Gasteiger partial charge >= 0.3 is 12.1 Å². The molecule has 0 spiro atoms. The summed E-state index contributed by atoms with van der Waals surface area (Å²) >= 11 is 3.15. The number of carboxylic acid groups (broad SMARTS) is 1. The first kappa shape index (κ1) is 15.2. The van der Waals surface area contributed by atoms with Crippen LogP contribution >= 0.6 is 15.9 Å². The van der Waals surface area contributed by atoms with E-state index in [4.69, 9.17) is 9.84 Å². The summed E-state index contributed by atoms with van der Waals surface area (Å²) in [6.45, 7) is 0. The molecule has 0 radical (unpaired) electrons. The number of halogens is 4. The quantitative estimate of drug-likeness (QED) is 0.891. The zero-order valence-electron chi connectivity index (χ0n) is 10.6. The largest absolute Gasteiger partial charge is 0.496 e. The first-order chi connectivity index (χ1) is 9.19. The molecule has 0 aliphatic heterocycles. The van der Waals surface area contributed by atoms with Crippen molar-refractivity contribution in [3.05, 3.63) is 27.7 Å². The van der Waals surface area contributed by atoms with Gasteiger partial charge in [-0.2, -0.15) is 13.2 Å². The van der Waals surface area contributed by atoms with Crippen molar-refractivity contribution in [3.8, 4) is 5.75 Å². The second-order valence-corrected chi connectivity index (χ2v) is 5.74. The van der Waals surface area contributed by atoms with Gasteiger partial charge in [0.05, 0.1) is 23.6 Å². The molecule has 2 rings (SSSR count). The lowest BCUT2D eigenvalue weighted by Crippen LogP contribution is -2.19. The molecule has 1 aliphatic carbocycles. The molecule has 1 aromatic carbocycles. The first-order valence-corrected chi connectivity index (χ1v) is 6.66. The number of alkyl halides is 3. The third-order valence-corrected chi connectivity index (χ3v) is 4.13. The second kappa shape index (κ2) is 4.95. The molecule has 1 aliphatic rings. The fourth-order valence-corrected chi connectivity index (χ4v) is 2.87. The van der Waals surface area contributed by atoms with Gasteiger partial charge in [-0.1, -0.05) is 0 Å². The minimum Gasteiger partial charge on any atom is -0.496 e. The zero-order chi connectivity index (χ0) is 15.1. The summed E-state index contributed by atoms with van der Waals surface area (Å²) in [5, 5.41) is 8.90. The van der Waals surface area contributed by atoms with E-state index in [0.29, 0.717) is 17.3 Å². The topological polar surface area (TPSA) is 46.5 Å². The number of rotatable bonds is 4. The molecule has 0 bridgehead atoms. The molecular formula is C13H12BrF3O3. The van der Waals surface area contributed by atoms with Crippen LogP contribution in [0.25, 0.3) is 0 Å². The lowest BCUT2D eigenvalue weighted by atomic mass is 9.88. The van der Waals surface area contributed by atoms with E-state index in [2.05, 4.69) is 15.9 Å². The van der Waals surface area contributed by atoms with Gasteiger partial charge in [-0.15, -0.1) is 0 Å². The summed E-state index contributed by atoms with van der Waals surface area (Å²) in [6.07, 6.45) is -3.95. The van der Waals surface area contributed by atoms with Crippen molar-refractivity contribution in [1.82, 2.24) is 0 Å². The molecular weight excluding hydrogens is 341 g/mol. The maximum absolute atomic E-state index is 13.2. The third-order valence-electron chi connectivity index (χ3n) is 3.51. The molecule has 7 heteroatoms. The van der Waals surface area contributed by atoms with Gasteiger partial charge in [0.25, 0.3) is 0 Å². The van der Waals surface area contributed by atoms with Crippen molar-refractivity contribution in [3.63, 3.8) is 0 Å². The Balaban J connectivity index is 2.57. The van der Waals surface area contributed by atoms with Gasteiger partial charge < -0.3 is 9.84 Å². The van der Waals surface area contributed by atoms with Gasteiger partial charge in [0.2, 0.25) is 0 Å². The van der Waals surface area contributed by atoms with Gasteiger partial charge in [-0.3, -0.25) is 4.79 Å². The van der Waals surface area contributed by atoms with Crippen molar-refractivity contribution in [2.75, 3.05) is 7.11 Å². The number of carbonyl (C=O) groups is 1. The van der Waals surface area contributed by atoms with Crippen LogP contribution in [-0.4, -0.2) is 18.2 Å². The summed E-state index contributed by atoms with van der Waals surface area (Å²) in [4.78, 5) is 10.9. The fraction of sp³-hybridized carbons (Fsp3) is 0.462. The number of benzene rings is 1. The molecule has 1 fully saturated rings. The molecule has 3 nitrogen and oxygen atoms in total. The van der Waals surface area contributed by atoms with E-state index in [1.165, 1.54) is 13.2 Å². The van der Waals surface area contributed by atoms with Crippen molar-refractivity contribution in [2.45, 2.75) is 30.9 Å². The number of hydrogen-bond acceptors (Lipinski definition) is 2. The predicted molar refractivity (Wildman–Crippen MR) is 68.9 cm³/mol. The number of aliphatic carboxylic acids is 1. The van der Waals surface area contributed by atoms with Gasteiger partial charge in [-0.05, 0) is 46.5 Å². The average Bonchev–Trinajstić information content (AvgIpc) is 3.07. The molecule has 0 atom stereocenters. The number of carboxylic acids is 1. The lowest BCUT2D eigenvalue weighted by molar-refractivity contribution is -0.141. The SMILES string of the molecule is COc1cc(C(F)(F)F)c(C2(CC(=O)O)CC2)cc1Br. The lowest BCUT2D eigenvalue weighted by Gasteiger charge is -2.21. The van der Waals surface area contributed by atoms with E-state index < -0.39 is 23.1 Å². The van der Waals surface area contributed by atoms with Crippen LogP contribution in [0, 0.1) is 0 Å². The second-order valence-electron chi connectivity index (χ2n) is 4.88. The molecule has 0 unspecified atom stereocenters. The zero-order valence-corrected chi connectivity index (χ0v) is 12.1. The van der Waals surface area contributed by atoms with Crippen LogP contribution in [0.3, 0.4) is 0 Å². The van der Waals surface area contributed by atoms with Crippen LogP contribution in [-0.2, 0) is 16.4 Å². The maximum atomic E-state index is 13.2. The van der Waals surface area contributed by atoms with Crippen molar-refractivity contribution >= 4 is 21.9 Å². The molecule has 110 valence electrons. The van der Waals surface area contributed by atoms with E-state index >= 15 is 0 Å². The van der Waals surface area contributed by atoms with Crippen molar-refractivity contribution < 1.29 is 27.8 Å². The van der Waals surface area contributed by atoms with Crippen molar-refractivity contribution in [2.24, 2.45) is 0 Å². The van der Waals surface area contributed by atoms with Gasteiger partial charge in [0, 0.05) is 5.41 Å².